The SMILES string of the molecule is CC[C@H](C)NC(=O)C(=O)C(CCC(F)F)[N+]1(C)CC[C@@H]2CC(C1=O)N(C(=O)C(NC(=O)C(NC(=O)c1cnccn1)C(C)C)C(C)C)C2. The lowest BCUT2D eigenvalue weighted by Gasteiger charge is -2.42. The van der Waals surface area contributed by atoms with Gasteiger partial charge in [0.1, 0.15) is 23.8 Å². The van der Waals surface area contributed by atoms with E-state index in [2.05, 4.69) is 25.9 Å². The van der Waals surface area contributed by atoms with Crippen LogP contribution in [0.2, 0.25) is 0 Å². The van der Waals surface area contributed by atoms with Crippen LogP contribution in [0.25, 0.3) is 0 Å². The van der Waals surface area contributed by atoms with Gasteiger partial charge >= 0.3 is 5.91 Å². The summed E-state index contributed by atoms with van der Waals surface area (Å²) < 4.78 is 26.3. The molecule has 2 saturated heterocycles. The topological polar surface area (TPSA) is 168 Å². The maximum Gasteiger partial charge on any atom is 0.336 e. The molecule has 48 heavy (non-hydrogen) atoms. The number of carbonyl (C=O) groups excluding carboxylic acids is 6. The minimum Gasteiger partial charge on any atom is -0.347 e. The van der Waals surface area contributed by atoms with Gasteiger partial charge in [0.25, 0.3) is 17.6 Å². The van der Waals surface area contributed by atoms with E-state index in [1.807, 2.05) is 6.92 Å². The molecule has 0 aromatic carbocycles. The minimum absolute atomic E-state index is 0.0234. The Balaban J connectivity index is 1.86. The van der Waals surface area contributed by atoms with Gasteiger partial charge in [-0.1, -0.05) is 34.6 Å². The van der Waals surface area contributed by atoms with Crippen molar-refractivity contribution in [3.63, 3.8) is 0 Å². The molecule has 0 saturated carbocycles. The molecule has 1 aromatic rings. The van der Waals surface area contributed by atoms with Crippen LogP contribution in [0.1, 0.15) is 84.1 Å². The van der Waals surface area contributed by atoms with E-state index in [0.29, 0.717) is 19.3 Å². The lowest BCUT2D eigenvalue weighted by Crippen LogP contribution is -2.67. The Bertz CT molecular complexity index is 1350. The third kappa shape index (κ3) is 8.97. The average molecular weight is 679 g/mol. The monoisotopic (exact) mass is 678 g/mol. The summed E-state index contributed by atoms with van der Waals surface area (Å²) >= 11 is 0. The zero-order chi connectivity index (χ0) is 35.9. The summed E-state index contributed by atoms with van der Waals surface area (Å²) in [6.07, 6.45) is 1.54. The number of amides is 5. The van der Waals surface area contributed by atoms with Crippen molar-refractivity contribution < 1.29 is 42.0 Å². The zero-order valence-corrected chi connectivity index (χ0v) is 28.9. The van der Waals surface area contributed by atoms with E-state index < -0.39 is 82.7 Å². The van der Waals surface area contributed by atoms with Crippen LogP contribution < -0.4 is 16.0 Å². The van der Waals surface area contributed by atoms with Crippen LogP contribution in [0.3, 0.4) is 0 Å². The zero-order valence-electron chi connectivity index (χ0n) is 28.9. The van der Waals surface area contributed by atoms with Gasteiger partial charge in [-0.3, -0.25) is 33.4 Å². The van der Waals surface area contributed by atoms with Crippen LogP contribution in [-0.2, 0) is 24.0 Å². The number of carbonyl (C=O) groups is 6. The summed E-state index contributed by atoms with van der Waals surface area (Å²) in [5.41, 5.74) is 0.0234. The number of hydrogen-bond acceptors (Lipinski definition) is 8. The van der Waals surface area contributed by atoms with Crippen molar-refractivity contribution in [1.29, 1.82) is 0 Å². The highest BCUT2D eigenvalue weighted by atomic mass is 19.3. The normalized spacial score (nSPS) is 23.3. The second-order valence-electron chi connectivity index (χ2n) is 13.9. The van der Waals surface area contributed by atoms with Crippen molar-refractivity contribution in [1.82, 2.24) is 30.8 Å². The number of ketones is 1. The molecule has 7 atom stereocenters. The highest BCUT2D eigenvalue weighted by molar-refractivity contribution is 6.38. The van der Waals surface area contributed by atoms with Crippen LogP contribution in [0.5, 0.6) is 0 Å². The first-order valence-electron chi connectivity index (χ1n) is 16.7. The van der Waals surface area contributed by atoms with E-state index in [9.17, 15) is 37.5 Å². The summed E-state index contributed by atoms with van der Waals surface area (Å²) in [7, 11) is 1.49. The average Bonchev–Trinajstić information content (AvgIpc) is 3.43. The number of alkyl halides is 2. The number of Topliss-reactive ketones (excluding diaryl/α,β-unsaturated/α-hetero) is 1. The molecule has 0 radical (unpaired) electrons. The molecule has 2 bridgehead atoms. The number of quaternary nitrogens is 1. The fourth-order valence-electron chi connectivity index (χ4n) is 6.43. The quantitative estimate of drug-likeness (QED) is 0.187. The largest absolute Gasteiger partial charge is 0.347 e. The van der Waals surface area contributed by atoms with Gasteiger partial charge in [-0.25, -0.2) is 18.6 Å². The van der Waals surface area contributed by atoms with Crippen LogP contribution in [0, 0.1) is 17.8 Å². The van der Waals surface area contributed by atoms with E-state index in [1.54, 1.807) is 34.6 Å². The van der Waals surface area contributed by atoms with Crippen molar-refractivity contribution in [2.75, 3.05) is 20.1 Å². The van der Waals surface area contributed by atoms with Crippen molar-refractivity contribution >= 4 is 35.3 Å². The van der Waals surface area contributed by atoms with Crippen LogP contribution in [0.4, 0.5) is 8.78 Å². The third-order valence-corrected chi connectivity index (χ3v) is 9.59. The summed E-state index contributed by atoms with van der Waals surface area (Å²) in [6, 6.07) is -4.73. The number of aromatic nitrogens is 2. The first-order chi connectivity index (χ1) is 22.5. The number of halogens is 2. The van der Waals surface area contributed by atoms with Crippen LogP contribution in [0.15, 0.2) is 18.6 Å². The second-order valence-corrected chi connectivity index (χ2v) is 13.9. The summed E-state index contributed by atoms with van der Waals surface area (Å²) in [4.78, 5) is 90.5. The van der Waals surface area contributed by atoms with E-state index in [-0.39, 0.29) is 43.1 Å². The molecule has 5 unspecified atom stereocenters. The van der Waals surface area contributed by atoms with Crippen LogP contribution in [-0.4, -0.2) is 111 Å². The Hall–Kier alpha value is -3.88. The van der Waals surface area contributed by atoms with Crippen LogP contribution >= 0.6 is 0 Å². The van der Waals surface area contributed by atoms with Crippen molar-refractivity contribution in [3.8, 4) is 0 Å². The number of rotatable bonds is 15. The smallest absolute Gasteiger partial charge is 0.336 e. The second kappa shape index (κ2) is 16.5. The highest BCUT2D eigenvalue weighted by Crippen LogP contribution is 2.36. The molecule has 2 aliphatic heterocycles. The molecule has 15 heteroatoms. The number of likely N-dealkylation sites (N-methyl/N-ethyl adjacent to an activating group) is 1. The molecule has 2 aliphatic rings. The molecule has 5 amide bonds. The van der Waals surface area contributed by atoms with E-state index in [0.717, 1.165) is 0 Å². The van der Waals surface area contributed by atoms with E-state index >= 15 is 0 Å². The Kier molecular flexibility index (Phi) is 13.2. The Labute approximate surface area is 280 Å². The minimum atomic E-state index is -2.74. The van der Waals surface area contributed by atoms with Crippen molar-refractivity contribution in [2.24, 2.45) is 17.8 Å². The van der Waals surface area contributed by atoms with E-state index in [4.69, 9.17) is 0 Å². The molecule has 13 nitrogen and oxygen atoms in total. The fourth-order valence-corrected chi connectivity index (χ4v) is 6.43. The van der Waals surface area contributed by atoms with Gasteiger partial charge in [-0.05, 0) is 37.5 Å². The standard InChI is InChI=1S/C33H49F2N7O6/c1-8-20(6)38-31(46)28(43)24(9-10-25(34)35)42(7)14-11-21-15-23(33(42)48)41(17-21)32(47)27(19(4)5)40-30(45)26(18(2)3)39-29(44)22-16-36-12-13-37-22/h12-13,16,18-21,23-27H,8-11,14-15,17H2,1-7H3,(H2-,38,39,40,44,45,46)/p+1/t20-,21+,23?,24?,26?,27?,42?/m0/s1. The Morgan fingerprint density at radius 2 is 1.65 bits per heavy atom. The molecule has 3 N–H and O–H groups in total. The number of likely N-dealkylation sites (tertiary alicyclic amines) is 2. The van der Waals surface area contributed by atoms with Gasteiger partial charge < -0.3 is 20.9 Å². The maximum atomic E-state index is 14.4. The lowest BCUT2D eigenvalue weighted by atomic mass is 9.97. The molecular weight excluding hydrogens is 628 g/mol. The fraction of sp³-hybridized carbons (Fsp3) is 0.697. The maximum absolute atomic E-state index is 14.4. The number of hydrogen-bond donors (Lipinski definition) is 3. The highest BCUT2D eigenvalue weighted by Gasteiger charge is 2.56. The molecule has 3 rings (SSSR count). The summed E-state index contributed by atoms with van der Waals surface area (Å²) in [6.45, 7) is 10.9. The third-order valence-electron chi connectivity index (χ3n) is 9.59. The van der Waals surface area contributed by atoms with Crippen molar-refractivity contribution in [3.05, 3.63) is 24.3 Å². The summed E-state index contributed by atoms with van der Waals surface area (Å²) in [5, 5.41) is 8.04. The van der Waals surface area contributed by atoms with Gasteiger partial charge in [0.2, 0.25) is 18.2 Å². The van der Waals surface area contributed by atoms with Gasteiger partial charge in [0.05, 0.1) is 19.8 Å². The number of nitrogens with zero attached hydrogens (tertiary/aromatic N) is 4. The molecule has 2 fully saturated rings. The van der Waals surface area contributed by atoms with Gasteiger partial charge in [-0.15, -0.1) is 0 Å². The van der Waals surface area contributed by atoms with E-state index in [1.165, 1.54) is 30.5 Å². The molecule has 1 aromatic heterocycles. The van der Waals surface area contributed by atoms with Gasteiger partial charge in [-0.2, -0.15) is 0 Å². The summed E-state index contributed by atoms with van der Waals surface area (Å²) in [5.74, 6) is -4.93. The molecule has 3 heterocycles. The predicted molar refractivity (Wildman–Crippen MR) is 171 cm³/mol. The first-order valence-corrected chi connectivity index (χ1v) is 16.7. The van der Waals surface area contributed by atoms with Crippen molar-refractivity contribution in [2.45, 2.75) is 110 Å². The predicted octanol–water partition coefficient (Wildman–Crippen LogP) is 1.86. The number of nitrogens with one attached hydrogen (secondary N) is 3. The molecule has 266 valence electrons. The first kappa shape index (κ1) is 38.6. The van der Waals surface area contributed by atoms with Gasteiger partial charge in [0.15, 0.2) is 6.04 Å². The molecule has 0 aliphatic carbocycles. The molecule has 0 spiro atoms. The molecular formula is C33H50F2N7O6+. The number of fused-ring (bicyclic) bond motifs is 2. The Morgan fingerprint density at radius 1 is 0.979 bits per heavy atom. The Morgan fingerprint density at radius 3 is 2.21 bits per heavy atom. The van der Waals surface area contributed by atoms with Gasteiger partial charge in [0, 0.05) is 44.2 Å². The lowest BCUT2D eigenvalue weighted by molar-refractivity contribution is -0.852.